The van der Waals surface area contributed by atoms with Crippen molar-refractivity contribution in [2.24, 2.45) is 11.8 Å². The van der Waals surface area contributed by atoms with Gasteiger partial charge in [-0.3, -0.25) is 9.69 Å². The first-order chi connectivity index (χ1) is 8.63. The Morgan fingerprint density at radius 1 is 1.22 bits per heavy atom. The number of carbonyl (C=O) groups is 1. The van der Waals surface area contributed by atoms with E-state index in [2.05, 4.69) is 18.7 Å². The van der Waals surface area contributed by atoms with Gasteiger partial charge in [0, 0.05) is 6.04 Å². The third-order valence-electron chi connectivity index (χ3n) is 4.97. The second-order valence-corrected chi connectivity index (χ2v) is 6.25. The Kier molecular flexibility index (Phi) is 4.66. The summed E-state index contributed by atoms with van der Waals surface area (Å²) in [5, 5.41) is 9.38. The van der Waals surface area contributed by atoms with Crippen LogP contribution in [0.4, 0.5) is 0 Å². The van der Waals surface area contributed by atoms with Gasteiger partial charge in [-0.15, -0.1) is 0 Å². The fraction of sp³-hybridized carbons (Fsp3) is 0.933. The minimum atomic E-state index is -0.615. The van der Waals surface area contributed by atoms with Crippen molar-refractivity contribution in [3.8, 4) is 0 Å². The van der Waals surface area contributed by atoms with Gasteiger partial charge in [-0.1, -0.05) is 26.7 Å². The van der Waals surface area contributed by atoms with E-state index >= 15 is 0 Å². The molecule has 0 aromatic heterocycles. The topological polar surface area (TPSA) is 40.5 Å². The molecule has 2 atom stereocenters. The Morgan fingerprint density at radius 2 is 1.89 bits per heavy atom. The molecule has 2 aliphatic rings. The lowest BCUT2D eigenvalue weighted by Crippen LogP contribution is -2.46. The highest BCUT2D eigenvalue weighted by Crippen LogP contribution is 2.35. The molecule has 2 unspecified atom stereocenters. The lowest BCUT2D eigenvalue weighted by atomic mass is 9.82. The predicted octanol–water partition coefficient (Wildman–Crippen LogP) is 3.14. The highest BCUT2D eigenvalue weighted by Gasteiger charge is 2.40. The van der Waals surface area contributed by atoms with E-state index in [4.69, 9.17) is 0 Å². The van der Waals surface area contributed by atoms with Crippen LogP contribution in [-0.2, 0) is 4.79 Å². The van der Waals surface area contributed by atoms with E-state index in [1.54, 1.807) is 0 Å². The summed E-state index contributed by atoms with van der Waals surface area (Å²) in [6.07, 6.45) is 8.71. The van der Waals surface area contributed by atoms with E-state index in [0.717, 1.165) is 18.9 Å². The van der Waals surface area contributed by atoms with Crippen LogP contribution in [0.3, 0.4) is 0 Å². The molecular formula is C15H27NO2. The number of hydrogen-bond donors (Lipinski definition) is 1. The molecule has 1 aliphatic heterocycles. The van der Waals surface area contributed by atoms with Crippen molar-refractivity contribution in [2.75, 3.05) is 6.54 Å². The highest BCUT2D eigenvalue weighted by atomic mass is 16.4. The Balaban J connectivity index is 1.91. The molecule has 18 heavy (non-hydrogen) atoms. The molecule has 1 saturated carbocycles. The Hall–Kier alpha value is -0.570. The molecule has 0 aromatic carbocycles. The van der Waals surface area contributed by atoms with Gasteiger partial charge in [0.1, 0.15) is 6.04 Å². The Labute approximate surface area is 111 Å². The highest BCUT2D eigenvalue weighted by molar-refractivity contribution is 5.74. The van der Waals surface area contributed by atoms with Crippen LogP contribution in [0.1, 0.15) is 58.8 Å². The monoisotopic (exact) mass is 253 g/mol. The number of nitrogens with zero attached hydrogens (tertiary/aromatic N) is 1. The van der Waals surface area contributed by atoms with E-state index in [1.807, 2.05) is 0 Å². The average molecular weight is 253 g/mol. The fourth-order valence-electron chi connectivity index (χ4n) is 3.94. The molecule has 3 nitrogen and oxygen atoms in total. The van der Waals surface area contributed by atoms with Crippen LogP contribution in [0.15, 0.2) is 0 Å². The summed E-state index contributed by atoms with van der Waals surface area (Å²) in [6, 6.07) is 0.307. The first-order valence-electron chi connectivity index (χ1n) is 7.62. The number of aliphatic carboxylic acids is 1. The van der Waals surface area contributed by atoms with Gasteiger partial charge in [-0.25, -0.2) is 0 Å². The number of carboxylic acids is 1. The first kappa shape index (κ1) is 13.9. The van der Waals surface area contributed by atoms with Gasteiger partial charge in [-0.2, -0.15) is 0 Å². The maximum Gasteiger partial charge on any atom is 0.321 e. The normalized spacial score (nSPS) is 37.9. The lowest BCUT2D eigenvalue weighted by molar-refractivity contribution is -0.144. The van der Waals surface area contributed by atoms with Crippen molar-refractivity contribution in [1.29, 1.82) is 0 Å². The van der Waals surface area contributed by atoms with E-state index < -0.39 is 5.97 Å². The third kappa shape index (κ3) is 2.87. The molecule has 104 valence electrons. The molecule has 1 aliphatic carbocycles. The molecule has 1 heterocycles. The number of hydrogen-bond acceptors (Lipinski definition) is 2. The van der Waals surface area contributed by atoms with Crippen molar-refractivity contribution in [1.82, 2.24) is 4.90 Å². The van der Waals surface area contributed by atoms with Gasteiger partial charge in [0.05, 0.1) is 0 Å². The van der Waals surface area contributed by atoms with E-state index in [9.17, 15) is 9.90 Å². The minimum Gasteiger partial charge on any atom is -0.480 e. The van der Waals surface area contributed by atoms with Crippen molar-refractivity contribution in [2.45, 2.75) is 70.9 Å². The SMILES string of the molecule is CCCC1CCC(N2CCC(C)C2C(=O)O)CC1. The summed E-state index contributed by atoms with van der Waals surface area (Å²) in [4.78, 5) is 13.7. The molecule has 0 aromatic rings. The summed E-state index contributed by atoms with van der Waals surface area (Å²) < 4.78 is 0. The Bertz CT molecular complexity index is 284. The smallest absolute Gasteiger partial charge is 0.321 e. The lowest BCUT2D eigenvalue weighted by Gasteiger charge is -2.37. The second-order valence-electron chi connectivity index (χ2n) is 6.25. The molecule has 1 saturated heterocycles. The average Bonchev–Trinajstić information content (AvgIpc) is 2.73. The largest absolute Gasteiger partial charge is 0.480 e. The molecule has 0 bridgehead atoms. The van der Waals surface area contributed by atoms with Crippen LogP contribution in [0.2, 0.25) is 0 Å². The van der Waals surface area contributed by atoms with Crippen LogP contribution in [-0.4, -0.2) is 34.6 Å². The van der Waals surface area contributed by atoms with E-state index in [1.165, 1.54) is 38.5 Å². The van der Waals surface area contributed by atoms with Crippen molar-refractivity contribution in [3.63, 3.8) is 0 Å². The van der Waals surface area contributed by atoms with Crippen LogP contribution in [0.25, 0.3) is 0 Å². The van der Waals surface area contributed by atoms with Gasteiger partial charge < -0.3 is 5.11 Å². The second kappa shape index (κ2) is 6.05. The van der Waals surface area contributed by atoms with Gasteiger partial charge in [0.25, 0.3) is 0 Å². The van der Waals surface area contributed by atoms with Gasteiger partial charge >= 0.3 is 5.97 Å². The summed E-state index contributed by atoms with van der Waals surface area (Å²) in [5.74, 6) is 0.598. The van der Waals surface area contributed by atoms with Gasteiger partial charge in [0.2, 0.25) is 0 Å². The molecule has 2 fully saturated rings. The van der Waals surface area contributed by atoms with Crippen molar-refractivity contribution < 1.29 is 9.90 Å². The van der Waals surface area contributed by atoms with Crippen LogP contribution >= 0.6 is 0 Å². The standard InChI is InChI=1S/C15H27NO2/c1-3-4-12-5-7-13(8-6-12)16-10-9-11(2)14(16)15(17)18/h11-14H,3-10H2,1-2H3,(H,17,18). The summed E-state index contributed by atoms with van der Waals surface area (Å²) >= 11 is 0. The summed E-state index contributed by atoms with van der Waals surface area (Å²) in [5.41, 5.74) is 0. The van der Waals surface area contributed by atoms with E-state index in [0.29, 0.717) is 12.0 Å². The number of likely N-dealkylation sites (tertiary alicyclic amines) is 1. The quantitative estimate of drug-likeness (QED) is 0.836. The summed E-state index contributed by atoms with van der Waals surface area (Å²) in [6.45, 7) is 5.33. The van der Waals surface area contributed by atoms with Crippen molar-refractivity contribution >= 4 is 5.97 Å². The van der Waals surface area contributed by atoms with Crippen LogP contribution in [0.5, 0.6) is 0 Å². The minimum absolute atomic E-state index is 0.224. The Morgan fingerprint density at radius 3 is 2.44 bits per heavy atom. The predicted molar refractivity (Wildman–Crippen MR) is 72.6 cm³/mol. The molecule has 2 rings (SSSR count). The van der Waals surface area contributed by atoms with E-state index in [-0.39, 0.29) is 6.04 Å². The third-order valence-corrected chi connectivity index (χ3v) is 4.97. The van der Waals surface area contributed by atoms with Crippen LogP contribution in [0, 0.1) is 11.8 Å². The van der Waals surface area contributed by atoms with Crippen LogP contribution < -0.4 is 0 Å². The zero-order valence-electron chi connectivity index (χ0n) is 11.8. The summed E-state index contributed by atoms with van der Waals surface area (Å²) in [7, 11) is 0. The maximum atomic E-state index is 11.4. The first-order valence-corrected chi connectivity index (χ1v) is 7.62. The maximum absolute atomic E-state index is 11.4. The van der Waals surface area contributed by atoms with Crippen molar-refractivity contribution in [3.05, 3.63) is 0 Å². The molecule has 0 spiro atoms. The number of rotatable bonds is 4. The molecule has 0 amide bonds. The zero-order chi connectivity index (χ0) is 13.1. The fourth-order valence-corrected chi connectivity index (χ4v) is 3.94. The molecule has 1 N–H and O–H groups in total. The van der Waals surface area contributed by atoms with Gasteiger partial charge in [-0.05, 0) is 50.5 Å². The molecular weight excluding hydrogens is 226 g/mol. The molecule has 0 radical (unpaired) electrons. The zero-order valence-corrected chi connectivity index (χ0v) is 11.8. The van der Waals surface area contributed by atoms with Gasteiger partial charge in [0.15, 0.2) is 0 Å². The number of carboxylic acid groups (broad SMARTS) is 1. The molecule has 3 heteroatoms.